The van der Waals surface area contributed by atoms with Crippen molar-refractivity contribution in [1.82, 2.24) is 28.7 Å². The van der Waals surface area contributed by atoms with Crippen molar-refractivity contribution in [3.8, 4) is 11.7 Å². The molecule has 0 radical (unpaired) electrons. The number of nitrogens with zero attached hydrogens (tertiary/aromatic N) is 7. The number of ether oxygens (including phenoxy) is 1. The Bertz CT molecular complexity index is 1800. The molecule has 0 saturated carbocycles. The van der Waals surface area contributed by atoms with Gasteiger partial charge < -0.3 is 4.74 Å². The highest BCUT2D eigenvalue weighted by Crippen LogP contribution is 2.39. The second-order valence-electron chi connectivity index (χ2n) is 9.36. The molecule has 0 aliphatic carbocycles. The fourth-order valence-corrected chi connectivity index (χ4v) is 4.89. The Labute approximate surface area is 209 Å². The lowest BCUT2D eigenvalue weighted by molar-refractivity contribution is 0.237. The van der Waals surface area contributed by atoms with Crippen molar-refractivity contribution >= 4 is 27.9 Å². The smallest absolute Gasteiger partial charge is 0.330 e. The van der Waals surface area contributed by atoms with Gasteiger partial charge in [0.1, 0.15) is 17.7 Å². The topological polar surface area (TPSA) is 84.1 Å². The molecular weight excluding hydrogens is 480 g/mol. The summed E-state index contributed by atoms with van der Waals surface area (Å²) < 4.78 is 39.7. The van der Waals surface area contributed by atoms with E-state index in [-0.39, 0.29) is 41.9 Å². The van der Waals surface area contributed by atoms with Crippen molar-refractivity contribution < 1.29 is 13.5 Å². The summed E-state index contributed by atoms with van der Waals surface area (Å²) in [7, 11) is 0. The lowest BCUT2D eigenvalue weighted by Crippen LogP contribution is -2.32. The zero-order valence-corrected chi connectivity index (χ0v) is 20.0. The average molecular weight is 501 g/mol. The number of hydrogen-bond donors (Lipinski definition) is 0. The van der Waals surface area contributed by atoms with Gasteiger partial charge in [-0.2, -0.15) is 4.98 Å². The third-order valence-electron chi connectivity index (χ3n) is 6.49. The molecule has 6 rings (SSSR count). The van der Waals surface area contributed by atoms with Crippen molar-refractivity contribution in [1.29, 1.82) is 0 Å². The number of fused-ring (bicyclic) bond motifs is 3. The Hall–Kier alpha value is -4.59. The highest BCUT2D eigenvalue weighted by molar-refractivity contribution is 5.81. The van der Waals surface area contributed by atoms with Crippen LogP contribution in [-0.2, 0) is 6.54 Å². The normalized spacial score (nSPS) is 15.2. The predicted molar refractivity (Wildman–Crippen MR) is 132 cm³/mol. The van der Waals surface area contributed by atoms with E-state index < -0.39 is 17.7 Å². The van der Waals surface area contributed by atoms with Crippen molar-refractivity contribution in [3.63, 3.8) is 0 Å². The zero-order chi connectivity index (χ0) is 25.8. The first-order valence-corrected chi connectivity index (χ1v) is 11.8. The monoisotopic (exact) mass is 501 g/mol. The van der Waals surface area contributed by atoms with Gasteiger partial charge in [0.15, 0.2) is 22.9 Å². The first-order valence-electron chi connectivity index (χ1n) is 11.8. The molecule has 0 spiro atoms. The summed E-state index contributed by atoms with van der Waals surface area (Å²) in [6.45, 7) is 11.8. The van der Waals surface area contributed by atoms with Crippen LogP contribution < -0.4 is 10.4 Å². The first-order chi connectivity index (χ1) is 17.9. The van der Waals surface area contributed by atoms with E-state index in [0.29, 0.717) is 34.4 Å². The summed E-state index contributed by atoms with van der Waals surface area (Å²) >= 11 is 0. The number of rotatable bonds is 4. The molecule has 1 atom stereocenters. The van der Waals surface area contributed by atoms with Crippen LogP contribution in [0.4, 0.5) is 14.5 Å². The molecule has 11 heteroatoms. The number of imidazole rings is 2. The summed E-state index contributed by atoms with van der Waals surface area (Å²) in [5.41, 5.74) is 2.11. The molecule has 0 amide bonds. The molecule has 4 heterocycles. The molecule has 0 unspecified atom stereocenters. The second-order valence-corrected chi connectivity index (χ2v) is 9.36. The van der Waals surface area contributed by atoms with Crippen molar-refractivity contribution in [2.45, 2.75) is 32.9 Å². The maximum atomic E-state index is 15.0. The van der Waals surface area contributed by atoms with Gasteiger partial charge in [-0.3, -0.25) is 13.7 Å². The minimum Gasteiger partial charge on any atom is -0.490 e. The van der Waals surface area contributed by atoms with E-state index in [4.69, 9.17) is 16.3 Å². The van der Waals surface area contributed by atoms with E-state index in [1.807, 2.05) is 13.8 Å². The molecule has 9 nitrogen and oxygen atoms in total. The summed E-state index contributed by atoms with van der Waals surface area (Å²) in [5, 5.41) is 0. The Morgan fingerprint density at radius 3 is 2.76 bits per heavy atom. The molecule has 0 saturated heterocycles. The Morgan fingerprint density at radius 1 is 1.16 bits per heavy atom. The maximum absolute atomic E-state index is 15.0. The van der Waals surface area contributed by atoms with Crippen LogP contribution >= 0.6 is 0 Å². The van der Waals surface area contributed by atoms with E-state index in [2.05, 4.69) is 14.8 Å². The fourth-order valence-electron chi connectivity index (χ4n) is 4.89. The van der Waals surface area contributed by atoms with Crippen LogP contribution in [0.2, 0.25) is 0 Å². The van der Waals surface area contributed by atoms with Gasteiger partial charge >= 0.3 is 5.69 Å². The summed E-state index contributed by atoms with van der Waals surface area (Å²) in [6, 6.07) is 6.34. The van der Waals surface area contributed by atoms with Crippen molar-refractivity contribution in [2.75, 3.05) is 6.61 Å². The van der Waals surface area contributed by atoms with Crippen molar-refractivity contribution in [2.24, 2.45) is 5.92 Å². The molecular formula is C26H21F2N7O2. The maximum Gasteiger partial charge on any atom is 0.330 e. The van der Waals surface area contributed by atoms with Gasteiger partial charge in [-0.05, 0) is 30.2 Å². The largest absolute Gasteiger partial charge is 0.490 e. The third kappa shape index (κ3) is 3.56. The second kappa shape index (κ2) is 8.51. The Balaban J connectivity index is 1.62. The zero-order valence-electron chi connectivity index (χ0n) is 20.0. The predicted octanol–water partition coefficient (Wildman–Crippen LogP) is 4.79. The van der Waals surface area contributed by atoms with Gasteiger partial charge in [-0.25, -0.2) is 28.4 Å². The summed E-state index contributed by atoms with van der Waals surface area (Å²) in [5.74, 6) is -1.15. The minimum absolute atomic E-state index is 0.00751. The van der Waals surface area contributed by atoms with Gasteiger partial charge in [-0.1, -0.05) is 19.9 Å². The van der Waals surface area contributed by atoms with Gasteiger partial charge in [0.2, 0.25) is 5.95 Å². The first kappa shape index (κ1) is 22.8. The summed E-state index contributed by atoms with van der Waals surface area (Å²) in [4.78, 5) is 30.9. The average Bonchev–Trinajstić information content (AvgIpc) is 3.43. The molecule has 1 aliphatic heterocycles. The van der Waals surface area contributed by atoms with E-state index in [0.717, 1.165) is 12.1 Å². The van der Waals surface area contributed by atoms with Crippen LogP contribution in [0.15, 0.2) is 47.7 Å². The van der Waals surface area contributed by atoms with E-state index in [1.165, 1.54) is 4.57 Å². The van der Waals surface area contributed by atoms with Gasteiger partial charge in [0, 0.05) is 13.0 Å². The van der Waals surface area contributed by atoms with Crippen molar-refractivity contribution in [3.05, 3.63) is 82.0 Å². The molecule has 2 aromatic carbocycles. The van der Waals surface area contributed by atoms with Crippen LogP contribution in [-0.4, -0.2) is 35.3 Å². The Kier molecular flexibility index (Phi) is 5.26. The number of hydrogen-bond acceptors (Lipinski definition) is 5. The van der Waals surface area contributed by atoms with Gasteiger partial charge in [0.05, 0.1) is 42.0 Å². The lowest BCUT2D eigenvalue weighted by Gasteiger charge is -2.27. The number of halogens is 2. The fraction of sp³-hybridized carbons (Fsp3) is 0.269. The molecule has 0 fully saturated rings. The minimum atomic E-state index is -0.820. The molecule has 1 aliphatic rings. The number of aromatic nitrogens is 6. The lowest BCUT2D eigenvalue weighted by atomic mass is 9.99. The standard InChI is InChI=1S/C26H21F2N7O2/c1-14(2)12-33-21-11-30-25(34-13-31-18-7-4-15(29-3)10-20(18)34)32-24(21)35(26(33)36)19-8-9-37-23-17(28)6-5-16(27)22(19)23/h4-7,10-11,13-14,19H,8-9,12H2,1-2H3/t19-/m1/s1. The van der Waals surface area contributed by atoms with Crippen LogP contribution in [0, 0.1) is 24.1 Å². The quantitative estimate of drug-likeness (QED) is 0.331. The van der Waals surface area contributed by atoms with Crippen LogP contribution in [0.25, 0.3) is 33.0 Å². The molecule has 0 bridgehead atoms. The van der Waals surface area contributed by atoms with E-state index >= 15 is 4.39 Å². The van der Waals surface area contributed by atoms with Gasteiger partial charge in [-0.15, -0.1) is 0 Å². The van der Waals surface area contributed by atoms with E-state index in [1.54, 1.807) is 39.9 Å². The summed E-state index contributed by atoms with van der Waals surface area (Å²) in [6.07, 6.45) is 3.37. The molecule has 37 heavy (non-hydrogen) atoms. The molecule has 0 N–H and O–H groups in total. The highest BCUT2D eigenvalue weighted by Gasteiger charge is 2.33. The number of benzene rings is 2. The highest BCUT2D eigenvalue weighted by atomic mass is 19.1. The van der Waals surface area contributed by atoms with Crippen LogP contribution in [0.5, 0.6) is 5.75 Å². The van der Waals surface area contributed by atoms with Crippen LogP contribution in [0.1, 0.15) is 31.9 Å². The molecule has 3 aromatic heterocycles. The third-order valence-corrected chi connectivity index (χ3v) is 6.49. The van der Waals surface area contributed by atoms with Crippen LogP contribution in [0.3, 0.4) is 0 Å². The molecule has 186 valence electrons. The van der Waals surface area contributed by atoms with Gasteiger partial charge in [0.25, 0.3) is 0 Å². The molecule has 5 aromatic rings. The van der Waals surface area contributed by atoms with E-state index in [9.17, 15) is 9.18 Å². The Morgan fingerprint density at radius 2 is 1.97 bits per heavy atom. The SMILES string of the molecule is [C-]#[N+]c1ccc2ncn(-c3ncc4c(n3)n([C@@H]3CCOc5c(F)ccc(F)c53)c(=O)n4CC(C)C)c2c1.